The summed E-state index contributed by atoms with van der Waals surface area (Å²) in [4.78, 5) is 4.30. The molecule has 0 aliphatic rings. The van der Waals surface area contributed by atoms with Crippen molar-refractivity contribution in [2.24, 2.45) is 0 Å². The monoisotopic (exact) mass is 189 g/mol. The number of aromatic nitrogens is 3. The summed E-state index contributed by atoms with van der Waals surface area (Å²) in [5.74, 6) is 0. The highest BCUT2D eigenvalue weighted by atomic mass is 15.1. The first-order valence-corrected chi connectivity index (χ1v) is 5.18. The number of pyridine rings is 1. The minimum atomic E-state index is 0.879. The minimum Gasteiger partial charge on any atom is -0.261 e. The minimum absolute atomic E-state index is 0.879. The number of nitrogens with one attached hydrogen (secondary N) is 1. The quantitative estimate of drug-likeness (QED) is 0.751. The van der Waals surface area contributed by atoms with Crippen LogP contribution in [0.25, 0.3) is 11.0 Å². The third-order valence-electron chi connectivity index (χ3n) is 2.42. The maximum absolute atomic E-state index is 4.30. The molecule has 2 rings (SSSR count). The van der Waals surface area contributed by atoms with Crippen molar-refractivity contribution in [1.29, 1.82) is 0 Å². The average Bonchev–Trinajstić information content (AvgIpc) is 2.65. The van der Waals surface area contributed by atoms with Crippen molar-refractivity contribution in [3.05, 3.63) is 24.0 Å². The van der Waals surface area contributed by atoms with Crippen LogP contribution in [-0.2, 0) is 6.42 Å². The third-order valence-corrected chi connectivity index (χ3v) is 2.42. The molecule has 0 radical (unpaired) electrons. The molecule has 0 atom stereocenters. The lowest BCUT2D eigenvalue weighted by Crippen LogP contribution is -1.87. The summed E-state index contributed by atoms with van der Waals surface area (Å²) in [5.41, 5.74) is 2.19. The van der Waals surface area contributed by atoms with Gasteiger partial charge >= 0.3 is 0 Å². The molecule has 14 heavy (non-hydrogen) atoms. The maximum Gasteiger partial charge on any atom is 0.155 e. The zero-order valence-corrected chi connectivity index (χ0v) is 8.45. The number of aromatic amines is 1. The van der Waals surface area contributed by atoms with E-state index in [9.17, 15) is 0 Å². The number of aryl methyl sites for hydroxylation is 1. The van der Waals surface area contributed by atoms with Gasteiger partial charge < -0.3 is 0 Å². The van der Waals surface area contributed by atoms with Crippen LogP contribution in [0.5, 0.6) is 0 Å². The molecule has 0 unspecified atom stereocenters. The molecular formula is C11H15N3. The van der Waals surface area contributed by atoms with Gasteiger partial charge in [0.05, 0.1) is 6.20 Å². The highest BCUT2D eigenvalue weighted by Gasteiger charge is 1.98. The lowest BCUT2D eigenvalue weighted by molar-refractivity contribution is 0.716. The van der Waals surface area contributed by atoms with Crippen molar-refractivity contribution in [3.63, 3.8) is 0 Å². The molecule has 0 spiro atoms. The van der Waals surface area contributed by atoms with Crippen molar-refractivity contribution in [1.82, 2.24) is 15.2 Å². The topological polar surface area (TPSA) is 41.6 Å². The second-order valence-electron chi connectivity index (χ2n) is 3.61. The summed E-state index contributed by atoms with van der Waals surface area (Å²) < 4.78 is 0. The third kappa shape index (κ3) is 1.92. The molecule has 0 aliphatic carbocycles. The number of unbranched alkanes of at least 4 members (excludes halogenated alkanes) is 2. The Hall–Kier alpha value is -1.38. The summed E-state index contributed by atoms with van der Waals surface area (Å²) >= 11 is 0. The summed E-state index contributed by atoms with van der Waals surface area (Å²) in [5, 5.41) is 7.91. The van der Waals surface area contributed by atoms with E-state index < -0.39 is 0 Å². The first-order valence-electron chi connectivity index (χ1n) is 5.18. The molecule has 2 aromatic heterocycles. The smallest absolute Gasteiger partial charge is 0.155 e. The number of hydrogen-bond acceptors (Lipinski definition) is 2. The number of nitrogens with zero attached hydrogens (tertiary/aromatic N) is 2. The van der Waals surface area contributed by atoms with E-state index in [1.807, 2.05) is 12.4 Å². The normalized spacial score (nSPS) is 10.9. The average molecular weight is 189 g/mol. The molecule has 0 bridgehead atoms. The fraction of sp³-hybridized carbons (Fsp3) is 0.455. The molecule has 0 amide bonds. The highest BCUT2D eigenvalue weighted by molar-refractivity contribution is 5.73. The van der Waals surface area contributed by atoms with Crippen molar-refractivity contribution in [2.75, 3.05) is 0 Å². The Morgan fingerprint density at radius 2 is 2.21 bits per heavy atom. The van der Waals surface area contributed by atoms with Crippen LogP contribution in [0.15, 0.2) is 18.5 Å². The van der Waals surface area contributed by atoms with E-state index in [4.69, 9.17) is 0 Å². The van der Waals surface area contributed by atoms with Crippen molar-refractivity contribution >= 4 is 11.0 Å². The van der Waals surface area contributed by atoms with Crippen LogP contribution in [-0.4, -0.2) is 15.2 Å². The Labute approximate surface area is 83.6 Å². The first kappa shape index (κ1) is 9.19. The Morgan fingerprint density at radius 3 is 3.07 bits per heavy atom. The van der Waals surface area contributed by atoms with Crippen LogP contribution < -0.4 is 0 Å². The Kier molecular flexibility index (Phi) is 2.77. The van der Waals surface area contributed by atoms with Crippen molar-refractivity contribution in [3.8, 4) is 0 Å². The van der Waals surface area contributed by atoms with E-state index in [2.05, 4.69) is 28.2 Å². The van der Waals surface area contributed by atoms with Gasteiger partial charge in [-0.3, -0.25) is 5.10 Å². The predicted molar refractivity (Wildman–Crippen MR) is 57.1 cm³/mol. The summed E-state index contributed by atoms with van der Waals surface area (Å²) in [7, 11) is 0. The molecular weight excluding hydrogens is 174 g/mol. The van der Waals surface area contributed by atoms with E-state index in [1.165, 1.54) is 24.8 Å². The van der Waals surface area contributed by atoms with Crippen molar-refractivity contribution < 1.29 is 0 Å². The Morgan fingerprint density at radius 1 is 1.29 bits per heavy atom. The number of fused-ring (bicyclic) bond motifs is 1. The van der Waals surface area contributed by atoms with E-state index in [0.29, 0.717) is 0 Å². The molecule has 2 aromatic rings. The first-order chi connectivity index (χ1) is 6.90. The zero-order valence-electron chi connectivity index (χ0n) is 8.45. The molecule has 74 valence electrons. The summed E-state index contributed by atoms with van der Waals surface area (Å²) in [6, 6.07) is 2.17. The van der Waals surface area contributed by atoms with Gasteiger partial charge in [-0.2, -0.15) is 5.10 Å². The van der Waals surface area contributed by atoms with E-state index in [1.54, 1.807) is 0 Å². The largest absolute Gasteiger partial charge is 0.261 e. The van der Waals surface area contributed by atoms with Gasteiger partial charge in [-0.1, -0.05) is 19.8 Å². The fourth-order valence-electron chi connectivity index (χ4n) is 1.60. The molecule has 0 fully saturated rings. The lowest BCUT2D eigenvalue weighted by Gasteiger charge is -1.99. The standard InChI is InChI=1S/C11H15N3/c1-2-3-4-5-9-6-10-8-13-14-11(10)12-7-9/h6-8H,2-5H2,1H3,(H,12,13,14). The molecule has 0 saturated carbocycles. The number of rotatable bonds is 4. The van der Waals surface area contributed by atoms with Crippen LogP contribution in [0, 0.1) is 0 Å². The lowest BCUT2D eigenvalue weighted by atomic mass is 10.1. The van der Waals surface area contributed by atoms with Gasteiger partial charge in [0.15, 0.2) is 5.65 Å². The molecule has 0 saturated heterocycles. The van der Waals surface area contributed by atoms with E-state index in [-0.39, 0.29) is 0 Å². The van der Waals surface area contributed by atoms with E-state index >= 15 is 0 Å². The molecule has 3 heteroatoms. The van der Waals surface area contributed by atoms with Crippen LogP contribution in [0.1, 0.15) is 31.7 Å². The van der Waals surface area contributed by atoms with Crippen LogP contribution >= 0.6 is 0 Å². The molecule has 1 N–H and O–H groups in total. The molecule has 0 aromatic carbocycles. The van der Waals surface area contributed by atoms with Gasteiger partial charge in [0, 0.05) is 11.6 Å². The SMILES string of the molecule is CCCCCc1cnc2[nH]ncc2c1. The van der Waals surface area contributed by atoms with Gasteiger partial charge in [-0.15, -0.1) is 0 Å². The van der Waals surface area contributed by atoms with Crippen LogP contribution in [0.4, 0.5) is 0 Å². The van der Waals surface area contributed by atoms with Crippen LogP contribution in [0.3, 0.4) is 0 Å². The highest BCUT2D eigenvalue weighted by Crippen LogP contribution is 2.12. The number of hydrogen-bond donors (Lipinski definition) is 1. The molecule has 3 nitrogen and oxygen atoms in total. The van der Waals surface area contributed by atoms with Gasteiger partial charge in [0.25, 0.3) is 0 Å². The van der Waals surface area contributed by atoms with Gasteiger partial charge in [0.2, 0.25) is 0 Å². The number of H-pyrrole nitrogens is 1. The van der Waals surface area contributed by atoms with Crippen molar-refractivity contribution in [2.45, 2.75) is 32.6 Å². The maximum atomic E-state index is 4.30. The van der Waals surface area contributed by atoms with Crippen LogP contribution in [0.2, 0.25) is 0 Å². The molecule has 0 aliphatic heterocycles. The Balaban J connectivity index is 2.10. The second-order valence-corrected chi connectivity index (χ2v) is 3.61. The Bertz CT molecular complexity index is 406. The molecule has 2 heterocycles. The van der Waals surface area contributed by atoms with Gasteiger partial charge in [0.1, 0.15) is 0 Å². The second kappa shape index (κ2) is 4.22. The van der Waals surface area contributed by atoms with Gasteiger partial charge in [-0.05, 0) is 24.5 Å². The zero-order chi connectivity index (χ0) is 9.80. The summed E-state index contributed by atoms with van der Waals surface area (Å²) in [6.45, 7) is 2.22. The summed E-state index contributed by atoms with van der Waals surface area (Å²) in [6.07, 6.45) is 8.70. The predicted octanol–water partition coefficient (Wildman–Crippen LogP) is 2.69. The van der Waals surface area contributed by atoms with E-state index in [0.717, 1.165) is 17.5 Å². The van der Waals surface area contributed by atoms with Gasteiger partial charge in [-0.25, -0.2) is 4.98 Å². The fourth-order valence-corrected chi connectivity index (χ4v) is 1.60.